The van der Waals surface area contributed by atoms with E-state index in [1.54, 1.807) is 24.3 Å². The average Bonchev–Trinajstić information content (AvgIpc) is 3.30. The van der Waals surface area contributed by atoms with E-state index < -0.39 is 12.1 Å². The van der Waals surface area contributed by atoms with Crippen molar-refractivity contribution in [3.8, 4) is 5.75 Å². The monoisotopic (exact) mass is 400 g/mol. The van der Waals surface area contributed by atoms with Crippen molar-refractivity contribution in [2.45, 2.75) is 38.4 Å². The molecule has 0 spiro atoms. The Morgan fingerprint density at radius 3 is 2.72 bits per heavy atom. The highest BCUT2D eigenvalue weighted by molar-refractivity contribution is 5.89. The normalized spacial score (nSPS) is 26.3. The lowest BCUT2D eigenvalue weighted by Gasteiger charge is -2.35. The number of aliphatic hydroxyl groups excluding tert-OH is 1. The van der Waals surface area contributed by atoms with Crippen LogP contribution in [0.2, 0.25) is 0 Å². The van der Waals surface area contributed by atoms with Crippen molar-refractivity contribution < 1.29 is 19.4 Å². The number of esters is 1. The first-order chi connectivity index (χ1) is 14.0. The molecule has 0 unspecified atom stereocenters. The third-order valence-corrected chi connectivity index (χ3v) is 6.01. The minimum atomic E-state index is -0.538. The first kappa shape index (κ1) is 19.7. The third kappa shape index (κ3) is 3.94. The maximum absolute atomic E-state index is 11.7. The molecule has 2 aromatic rings. The van der Waals surface area contributed by atoms with Crippen LogP contribution in [0.5, 0.6) is 5.75 Å². The maximum atomic E-state index is 11.7. The van der Waals surface area contributed by atoms with E-state index in [0.717, 1.165) is 37.7 Å². The molecule has 2 heterocycles. The molecule has 1 aliphatic carbocycles. The molecular weight excluding hydrogens is 372 g/mol. The number of aliphatic hydroxyl groups is 1. The van der Waals surface area contributed by atoms with Crippen LogP contribution >= 0.6 is 0 Å². The smallest absolute Gasteiger partial charge is 0.337 e. The van der Waals surface area contributed by atoms with Crippen molar-refractivity contribution >= 4 is 11.9 Å². The number of rotatable bonds is 5. The second-order valence-corrected chi connectivity index (χ2v) is 7.94. The number of hydrogen-bond donors (Lipinski definition) is 1. The van der Waals surface area contributed by atoms with Gasteiger partial charge in [0.2, 0.25) is 5.95 Å². The standard InChI is InChI=1S/C21H28N4O4/c1-4-19-22-21(24(2)23-19)25-11-14-9-17(26)18(10-15(14)12-25)29-16-7-5-6-13(8-16)20(27)28-3/h5-8,14-15,17-18,26H,4,9-12H2,1-3H3/t14-,15+,17+,18+/m0/s1. The first-order valence-corrected chi connectivity index (χ1v) is 10.2. The summed E-state index contributed by atoms with van der Waals surface area (Å²) in [5.74, 6) is 2.76. The molecule has 2 fully saturated rings. The van der Waals surface area contributed by atoms with Gasteiger partial charge in [-0.25, -0.2) is 9.48 Å². The first-order valence-electron chi connectivity index (χ1n) is 10.2. The summed E-state index contributed by atoms with van der Waals surface area (Å²) in [7, 11) is 3.28. The molecule has 0 bridgehead atoms. The largest absolute Gasteiger partial charge is 0.488 e. The lowest BCUT2D eigenvalue weighted by Crippen LogP contribution is -2.42. The quantitative estimate of drug-likeness (QED) is 0.766. The number of aryl methyl sites for hydroxylation is 2. The fraction of sp³-hybridized carbons (Fsp3) is 0.571. The van der Waals surface area contributed by atoms with Crippen molar-refractivity contribution in [3.63, 3.8) is 0 Å². The predicted octanol–water partition coefficient (Wildman–Crippen LogP) is 1.82. The zero-order chi connectivity index (χ0) is 20.5. The predicted molar refractivity (Wildman–Crippen MR) is 107 cm³/mol. The Morgan fingerprint density at radius 2 is 2.03 bits per heavy atom. The molecule has 8 heteroatoms. The summed E-state index contributed by atoms with van der Waals surface area (Å²) in [5, 5.41) is 15.1. The minimum Gasteiger partial charge on any atom is -0.488 e. The van der Waals surface area contributed by atoms with Gasteiger partial charge in [0.15, 0.2) is 5.82 Å². The van der Waals surface area contributed by atoms with E-state index in [1.165, 1.54) is 7.11 Å². The van der Waals surface area contributed by atoms with Crippen molar-refractivity contribution in [1.29, 1.82) is 0 Å². The number of carbonyl (C=O) groups is 1. The van der Waals surface area contributed by atoms with Crippen LogP contribution in [0.1, 0.15) is 35.9 Å². The number of hydrogen-bond acceptors (Lipinski definition) is 7. The average molecular weight is 400 g/mol. The van der Waals surface area contributed by atoms with Crippen molar-refractivity contribution in [2.24, 2.45) is 18.9 Å². The second-order valence-electron chi connectivity index (χ2n) is 7.94. The molecule has 1 saturated carbocycles. The van der Waals surface area contributed by atoms with E-state index in [2.05, 4.69) is 21.9 Å². The van der Waals surface area contributed by atoms with Crippen molar-refractivity contribution in [2.75, 3.05) is 25.1 Å². The van der Waals surface area contributed by atoms with Crippen molar-refractivity contribution in [1.82, 2.24) is 14.8 Å². The van der Waals surface area contributed by atoms with Gasteiger partial charge in [-0.3, -0.25) is 0 Å². The van der Waals surface area contributed by atoms with Gasteiger partial charge in [-0.1, -0.05) is 13.0 Å². The number of anilines is 1. The molecule has 0 amide bonds. The summed E-state index contributed by atoms with van der Waals surface area (Å²) in [6, 6.07) is 6.91. The number of nitrogens with zero attached hydrogens (tertiary/aromatic N) is 4. The van der Waals surface area contributed by atoms with Crippen LogP contribution in [0.4, 0.5) is 5.95 Å². The number of aromatic nitrogens is 3. The molecular formula is C21H28N4O4. The zero-order valence-corrected chi connectivity index (χ0v) is 17.1. The van der Waals surface area contributed by atoms with E-state index in [4.69, 9.17) is 9.47 Å². The SMILES string of the molecule is CCc1nc(N2C[C@H]3C[C@@H](Oc4cccc(C(=O)OC)c4)[C@H](O)C[C@H]3C2)n(C)n1. The van der Waals surface area contributed by atoms with Gasteiger partial charge in [0.05, 0.1) is 18.8 Å². The second kappa shape index (κ2) is 8.02. The number of carbonyl (C=O) groups excluding carboxylic acids is 1. The fourth-order valence-electron chi connectivity index (χ4n) is 4.52. The minimum absolute atomic E-state index is 0.296. The van der Waals surface area contributed by atoms with E-state index in [-0.39, 0.29) is 6.10 Å². The van der Waals surface area contributed by atoms with Crippen LogP contribution in [0.25, 0.3) is 0 Å². The summed E-state index contributed by atoms with van der Waals surface area (Å²) < 4.78 is 12.7. The van der Waals surface area contributed by atoms with Crippen LogP contribution in [-0.4, -0.2) is 58.2 Å². The molecule has 29 heavy (non-hydrogen) atoms. The van der Waals surface area contributed by atoms with E-state index >= 15 is 0 Å². The van der Waals surface area contributed by atoms with Crippen LogP contribution in [0.3, 0.4) is 0 Å². The van der Waals surface area contributed by atoms with Gasteiger partial charge < -0.3 is 19.5 Å². The van der Waals surface area contributed by atoms with Crippen LogP contribution in [-0.2, 0) is 18.2 Å². The lowest BCUT2D eigenvalue weighted by molar-refractivity contribution is -0.0231. The topological polar surface area (TPSA) is 89.7 Å². The Kier molecular flexibility index (Phi) is 5.45. The molecule has 2 aliphatic rings. The molecule has 8 nitrogen and oxygen atoms in total. The Balaban J connectivity index is 1.44. The van der Waals surface area contributed by atoms with Gasteiger partial charge in [0.25, 0.3) is 0 Å². The van der Waals surface area contributed by atoms with E-state index in [0.29, 0.717) is 29.6 Å². The van der Waals surface area contributed by atoms with Gasteiger partial charge in [0.1, 0.15) is 11.9 Å². The third-order valence-electron chi connectivity index (χ3n) is 6.01. The van der Waals surface area contributed by atoms with Crippen LogP contribution < -0.4 is 9.64 Å². The summed E-state index contributed by atoms with van der Waals surface area (Å²) >= 11 is 0. The maximum Gasteiger partial charge on any atom is 0.337 e. The molecule has 1 saturated heterocycles. The van der Waals surface area contributed by atoms with Crippen LogP contribution in [0.15, 0.2) is 24.3 Å². The summed E-state index contributed by atoms with van der Waals surface area (Å²) in [4.78, 5) is 18.7. The molecule has 4 atom stereocenters. The summed E-state index contributed by atoms with van der Waals surface area (Å²) in [6.07, 6.45) is 1.44. The Morgan fingerprint density at radius 1 is 1.28 bits per heavy atom. The number of fused-ring (bicyclic) bond motifs is 1. The van der Waals surface area contributed by atoms with Gasteiger partial charge in [-0.05, 0) is 42.9 Å². The van der Waals surface area contributed by atoms with Gasteiger partial charge in [-0.15, -0.1) is 0 Å². The number of benzene rings is 1. The molecule has 1 aliphatic heterocycles. The highest BCUT2D eigenvalue weighted by atomic mass is 16.5. The number of ether oxygens (including phenoxy) is 2. The summed E-state index contributed by atoms with van der Waals surface area (Å²) in [5.41, 5.74) is 0.439. The molecule has 0 radical (unpaired) electrons. The molecule has 1 aromatic heterocycles. The van der Waals surface area contributed by atoms with E-state index in [9.17, 15) is 9.90 Å². The van der Waals surface area contributed by atoms with Crippen molar-refractivity contribution in [3.05, 3.63) is 35.7 Å². The Labute approximate surface area is 170 Å². The molecule has 156 valence electrons. The number of methoxy groups -OCH3 is 1. The van der Waals surface area contributed by atoms with Gasteiger partial charge >= 0.3 is 5.97 Å². The van der Waals surface area contributed by atoms with Crippen LogP contribution in [0, 0.1) is 11.8 Å². The Bertz CT molecular complexity index is 883. The van der Waals surface area contributed by atoms with Gasteiger partial charge in [-0.2, -0.15) is 10.1 Å². The Hall–Kier alpha value is -2.61. The molecule has 1 N–H and O–H groups in total. The lowest BCUT2D eigenvalue weighted by atomic mass is 9.78. The molecule has 1 aromatic carbocycles. The zero-order valence-electron chi connectivity index (χ0n) is 17.1. The highest BCUT2D eigenvalue weighted by Crippen LogP contribution is 2.39. The molecule has 4 rings (SSSR count). The van der Waals surface area contributed by atoms with Gasteiger partial charge in [0, 0.05) is 26.6 Å². The summed E-state index contributed by atoms with van der Waals surface area (Å²) in [6.45, 7) is 3.81. The fourth-order valence-corrected chi connectivity index (χ4v) is 4.52. The van der Waals surface area contributed by atoms with E-state index in [1.807, 2.05) is 11.7 Å². The highest BCUT2D eigenvalue weighted by Gasteiger charge is 2.43.